The van der Waals surface area contributed by atoms with Crippen LogP contribution >= 0.6 is 11.8 Å². The number of benzene rings is 1. The molecule has 7 N–H and O–H groups in total. The SMILES string of the molecule is Nc1nc2c(nc(SCCCCC(=O)Nc3cccc(B(O)O)c3)n2CCO)c(=O)[nH]1. The van der Waals surface area contributed by atoms with Crippen molar-refractivity contribution in [3.05, 3.63) is 34.6 Å². The fourth-order valence-electron chi connectivity index (χ4n) is 2.97. The van der Waals surface area contributed by atoms with Crippen LogP contribution in [0, 0.1) is 0 Å². The third-order valence-electron chi connectivity index (χ3n) is 4.41. The highest BCUT2D eigenvalue weighted by molar-refractivity contribution is 7.99. The zero-order valence-corrected chi connectivity index (χ0v) is 17.4. The van der Waals surface area contributed by atoms with Crippen molar-refractivity contribution in [3.63, 3.8) is 0 Å². The Morgan fingerprint density at radius 3 is 2.84 bits per heavy atom. The summed E-state index contributed by atoms with van der Waals surface area (Å²) >= 11 is 1.41. The Kier molecular flexibility index (Phi) is 7.68. The first-order valence-electron chi connectivity index (χ1n) is 9.64. The van der Waals surface area contributed by atoms with E-state index in [1.165, 1.54) is 17.8 Å². The fourth-order valence-corrected chi connectivity index (χ4v) is 3.99. The number of hydrogen-bond donors (Lipinski definition) is 6. The van der Waals surface area contributed by atoms with E-state index in [1.54, 1.807) is 22.8 Å². The summed E-state index contributed by atoms with van der Waals surface area (Å²) in [6.07, 6.45) is 1.66. The number of nitrogens with zero attached hydrogens (tertiary/aromatic N) is 3. The highest BCUT2D eigenvalue weighted by Gasteiger charge is 2.16. The number of H-pyrrole nitrogens is 1. The Hall–Kier alpha value is -2.87. The molecule has 0 spiro atoms. The van der Waals surface area contributed by atoms with E-state index in [9.17, 15) is 24.7 Å². The van der Waals surface area contributed by atoms with Crippen LogP contribution in [0.3, 0.4) is 0 Å². The van der Waals surface area contributed by atoms with Crippen molar-refractivity contribution < 1.29 is 19.9 Å². The second-order valence-corrected chi connectivity index (χ2v) is 7.81. The summed E-state index contributed by atoms with van der Waals surface area (Å²) in [6.45, 7) is 0.0980. The lowest BCUT2D eigenvalue weighted by Gasteiger charge is -2.08. The van der Waals surface area contributed by atoms with Crippen LogP contribution < -0.4 is 22.1 Å². The molecule has 13 heteroatoms. The number of carbonyl (C=O) groups excluding carboxylic acids is 1. The lowest BCUT2D eigenvalue weighted by molar-refractivity contribution is -0.116. The number of aromatic amines is 1. The number of unbranched alkanes of at least 4 members (excludes halogenated alkanes) is 1. The Bertz CT molecular complexity index is 1120. The van der Waals surface area contributed by atoms with Gasteiger partial charge in [0.15, 0.2) is 16.3 Å². The Labute approximate surface area is 181 Å². The van der Waals surface area contributed by atoms with Gasteiger partial charge < -0.3 is 30.8 Å². The molecule has 0 aliphatic heterocycles. The number of hydrogen-bond acceptors (Lipinski definition) is 9. The van der Waals surface area contributed by atoms with Gasteiger partial charge in [-0.1, -0.05) is 23.9 Å². The third kappa shape index (κ3) is 5.85. The number of imidazole rings is 1. The van der Waals surface area contributed by atoms with Gasteiger partial charge in [-0.3, -0.25) is 14.6 Å². The van der Waals surface area contributed by atoms with Gasteiger partial charge in [-0.15, -0.1) is 0 Å². The number of amides is 1. The number of aliphatic hydroxyl groups excluding tert-OH is 1. The van der Waals surface area contributed by atoms with Crippen LogP contribution in [0.15, 0.2) is 34.2 Å². The first-order valence-corrected chi connectivity index (χ1v) is 10.6. The second-order valence-electron chi connectivity index (χ2n) is 6.75. The van der Waals surface area contributed by atoms with Crippen LogP contribution in [0.1, 0.15) is 19.3 Å². The first-order chi connectivity index (χ1) is 14.9. The quantitative estimate of drug-likeness (QED) is 0.133. The van der Waals surface area contributed by atoms with Crippen LogP contribution in [-0.4, -0.2) is 60.1 Å². The maximum Gasteiger partial charge on any atom is 0.488 e. The van der Waals surface area contributed by atoms with E-state index in [2.05, 4.69) is 20.3 Å². The van der Waals surface area contributed by atoms with Gasteiger partial charge in [0.25, 0.3) is 5.56 Å². The molecule has 31 heavy (non-hydrogen) atoms. The van der Waals surface area contributed by atoms with Gasteiger partial charge in [-0.2, -0.15) is 4.98 Å². The molecule has 2 heterocycles. The Balaban J connectivity index is 1.52. The molecule has 2 aromatic heterocycles. The maximum absolute atomic E-state index is 12.1. The number of carbonyl (C=O) groups is 1. The predicted octanol–water partition coefficient (Wildman–Crippen LogP) is -0.725. The summed E-state index contributed by atoms with van der Waals surface area (Å²) in [6, 6.07) is 6.37. The van der Waals surface area contributed by atoms with E-state index >= 15 is 0 Å². The molecule has 11 nitrogen and oxygen atoms in total. The lowest BCUT2D eigenvalue weighted by Crippen LogP contribution is -2.30. The monoisotopic (exact) mass is 446 g/mol. The smallest absolute Gasteiger partial charge is 0.423 e. The minimum absolute atomic E-state index is 0.0156. The lowest BCUT2D eigenvalue weighted by atomic mass is 9.80. The largest absolute Gasteiger partial charge is 0.488 e. The fraction of sp³-hybridized carbons (Fsp3) is 0.333. The average Bonchev–Trinajstić information content (AvgIpc) is 3.06. The molecule has 0 unspecified atom stereocenters. The molecular formula is C18H23BN6O5S. The van der Waals surface area contributed by atoms with Crippen LogP contribution in [0.2, 0.25) is 0 Å². The van der Waals surface area contributed by atoms with Gasteiger partial charge in [0, 0.05) is 24.4 Å². The van der Waals surface area contributed by atoms with E-state index in [4.69, 9.17) is 5.73 Å². The molecule has 0 fully saturated rings. The normalized spacial score (nSPS) is 11.1. The highest BCUT2D eigenvalue weighted by atomic mass is 32.2. The van der Waals surface area contributed by atoms with Crippen molar-refractivity contribution in [1.82, 2.24) is 19.5 Å². The molecule has 0 aliphatic carbocycles. The van der Waals surface area contributed by atoms with Crippen LogP contribution in [0.5, 0.6) is 0 Å². The number of nitrogens with one attached hydrogen (secondary N) is 2. The standard InChI is InChI=1S/C18H23BN6O5S/c20-17-23-15-14(16(28)24-17)22-18(25(15)7-8-26)31-9-2-1-6-13(27)21-12-5-3-4-11(10-12)19(29)30/h3-5,10,26,29-30H,1-2,6-9H2,(H,21,27)(H3,20,23,24,28). The highest BCUT2D eigenvalue weighted by Crippen LogP contribution is 2.23. The molecule has 0 aliphatic rings. The van der Waals surface area contributed by atoms with Crippen molar-refractivity contribution >= 4 is 53.0 Å². The molecule has 0 atom stereocenters. The number of nitrogen functional groups attached to an aromatic ring is 1. The van der Waals surface area contributed by atoms with E-state index in [-0.39, 0.29) is 30.5 Å². The van der Waals surface area contributed by atoms with Gasteiger partial charge in [0.2, 0.25) is 11.9 Å². The second kappa shape index (κ2) is 10.4. The van der Waals surface area contributed by atoms with Crippen LogP contribution in [0.4, 0.5) is 11.6 Å². The van der Waals surface area contributed by atoms with Crippen molar-refractivity contribution in [2.75, 3.05) is 23.4 Å². The molecule has 3 aromatic rings. The number of thioether (sulfide) groups is 1. The number of anilines is 2. The molecule has 0 saturated heterocycles. The first kappa shape index (κ1) is 22.8. The third-order valence-corrected chi connectivity index (χ3v) is 5.47. The Morgan fingerprint density at radius 1 is 1.29 bits per heavy atom. The van der Waals surface area contributed by atoms with Crippen molar-refractivity contribution in [2.24, 2.45) is 0 Å². The summed E-state index contributed by atoms with van der Waals surface area (Å²) in [5.74, 6) is 0.466. The topological polar surface area (TPSA) is 179 Å². The number of nitrogens with two attached hydrogens (primary N) is 1. The molecule has 3 rings (SSSR count). The number of rotatable bonds is 10. The van der Waals surface area contributed by atoms with Gasteiger partial charge in [0.1, 0.15) is 0 Å². The Morgan fingerprint density at radius 2 is 2.10 bits per heavy atom. The maximum atomic E-state index is 12.1. The zero-order valence-electron chi connectivity index (χ0n) is 16.6. The molecule has 0 saturated carbocycles. The minimum Gasteiger partial charge on any atom is -0.423 e. The van der Waals surface area contributed by atoms with E-state index < -0.39 is 12.7 Å². The van der Waals surface area contributed by atoms with E-state index in [0.29, 0.717) is 40.5 Å². The predicted molar refractivity (Wildman–Crippen MR) is 119 cm³/mol. The van der Waals surface area contributed by atoms with Gasteiger partial charge in [-0.25, -0.2) is 4.98 Å². The van der Waals surface area contributed by atoms with Gasteiger partial charge in [-0.05, 0) is 30.4 Å². The summed E-state index contributed by atoms with van der Waals surface area (Å²) < 4.78 is 1.65. The molecule has 0 radical (unpaired) electrons. The summed E-state index contributed by atoms with van der Waals surface area (Å²) in [5.41, 5.74) is 6.46. The average molecular weight is 446 g/mol. The van der Waals surface area contributed by atoms with Crippen molar-refractivity contribution in [3.8, 4) is 0 Å². The molecule has 164 valence electrons. The van der Waals surface area contributed by atoms with Crippen molar-refractivity contribution in [2.45, 2.75) is 31.0 Å². The number of aromatic nitrogens is 4. The van der Waals surface area contributed by atoms with Crippen LogP contribution in [-0.2, 0) is 11.3 Å². The van der Waals surface area contributed by atoms with Gasteiger partial charge in [0.05, 0.1) is 6.61 Å². The van der Waals surface area contributed by atoms with Gasteiger partial charge >= 0.3 is 7.12 Å². The van der Waals surface area contributed by atoms with Crippen molar-refractivity contribution in [1.29, 1.82) is 0 Å². The van der Waals surface area contributed by atoms with E-state index in [1.807, 2.05) is 0 Å². The number of aliphatic hydroxyl groups is 1. The number of fused-ring (bicyclic) bond motifs is 1. The molecule has 1 aromatic carbocycles. The van der Waals surface area contributed by atoms with E-state index in [0.717, 1.165) is 6.42 Å². The summed E-state index contributed by atoms with van der Waals surface area (Å²) in [7, 11) is -1.59. The summed E-state index contributed by atoms with van der Waals surface area (Å²) in [4.78, 5) is 35.0. The molecule has 1 amide bonds. The zero-order chi connectivity index (χ0) is 22.4. The molecule has 0 bridgehead atoms. The summed E-state index contributed by atoms with van der Waals surface area (Å²) in [5, 5.41) is 31.0. The minimum atomic E-state index is -1.59. The van der Waals surface area contributed by atoms with Crippen LogP contribution in [0.25, 0.3) is 11.2 Å². The molecular weight excluding hydrogens is 423 g/mol.